The van der Waals surface area contributed by atoms with Crippen LogP contribution in [0.1, 0.15) is 73.1 Å². The summed E-state index contributed by atoms with van der Waals surface area (Å²) in [5, 5.41) is 0. The van der Waals surface area contributed by atoms with E-state index in [9.17, 15) is 0 Å². The fourth-order valence-electron chi connectivity index (χ4n) is 4.89. The van der Waals surface area contributed by atoms with Crippen molar-refractivity contribution >= 4 is 0 Å². The molecule has 0 radical (unpaired) electrons. The third-order valence-corrected chi connectivity index (χ3v) is 6.79. The van der Waals surface area contributed by atoms with Crippen molar-refractivity contribution in [2.75, 3.05) is 0 Å². The van der Waals surface area contributed by atoms with E-state index >= 15 is 0 Å². The maximum absolute atomic E-state index is 6.96. The van der Waals surface area contributed by atoms with Crippen LogP contribution in [-0.2, 0) is 0 Å². The minimum Gasteiger partial charge on any atom is -0.324 e. The van der Waals surface area contributed by atoms with Crippen molar-refractivity contribution < 1.29 is 0 Å². The molecule has 0 aromatic carbocycles. The number of unbranched alkanes of at least 4 members (excludes halogenated alkanes) is 1. The molecule has 106 valence electrons. The maximum atomic E-state index is 6.96. The fourth-order valence-corrected chi connectivity index (χ4v) is 4.89. The van der Waals surface area contributed by atoms with Gasteiger partial charge >= 0.3 is 0 Å². The molecular weight excluding hydrogens is 218 g/mol. The third kappa shape index (κ3) is 1.94. The van der Waals surface area contributed by atoms with Crippen molar-refractivity contribution in [3.8, 4) is 0 Å². The molecular formula is C17H33N. The van der Waals surface area contributed by atoms with Crippen LogP contribution in [0.5, 0.6) is 0 Å². The van der Waals surface area contributed by atoms with Crippen LogP contribution in [0.2, 0.25) is 0 Å². The second kappa shape index (κ2) is 4.81. The molecule has 2 rings (SSSR count). The number of rotatable bonds is 5. The average molecular weight is 251 g/mol. The molecule has 0 aromatic heterocycles. The van der Waals surface area contributed by atoms with Crippen LogP contribution in [0.4, 0.5) is 0 Å². The summed E-state index contributed by atoms with van der Waals surface area (Å²) < 4.78 is 0. The molecule has 0 aliphatic heterocycles. The minimum absolute atomic E-state index is 0.108. The van der Waals surface area contributed by atoms with Crippen LogP contribution in [0.3, 0.4) is 0 Å². The van der Waals surface area contributed by atoms with Gasteiger partial charge in [-0.25, -0.2) is 0 Å². The first-order valence-electron chi connectivity index (χ1n) is 8.16. The highest BCUT2D eigenvalue weighted by Gasteiger charge is 2.61. The lowest BCUT2D eigenvalue weighted by atomic mass is 9.58. The number of nitrogens with two attached hydrogens (primary N) is 1. The lowest BCUT2D eigenvalue weighted by Crippen LogP contribution is -2.59. The SMILES string of the molecule is CCCCC1C(C)C2CC1C(N)(C(C)(C)CC)C2. The van der Waals surface area contributed by atoms with Gasteiger partial charge in [0, 0.05) is 5.54 Å². The molecule has 1 heteroatoms. The Hall–Kier alpha value is -0.0400. The molecule has 2 N–H and O–H groups in total. The summed E-state index contributed by atoms with van der Waals surface area (Å²) in [6.45, 7) is 11.9. The second-order valence-electron chi connectivity index (χ2n) is 7.75. The van der Waals surface area contributed by atoms with E-state index in [1.807, 2.05) is 0 Å². The minimum atomic E-state index is 0.108. The maximum Gasteiger partial charge on any atom is 0.0240 e. The summed E-state index contributed by atoms with van der Waals surface area (Å²) in [6.07, 6.45) is 8.03. The first kappa shape index (κ1) is 14.4. The lowest BCUT2D eigenvalue weighted by Gasteiger charge is -2.51. The first-order valence-corrected chi connectivity index (χ1v) is 8.16. The van der Waals surface area contributed by atoms with Crippen LogP contribution in [0, 0.1) is 29.1 Å². The fraction of sp³-hybridized carbons (Fsp3) is 1.00. The van der Waals surface area contributed by atoms with E-state index in [0.717, 1.165) is 23.7 Å². The standard InChI is InChI=1S/C17H33N/c1-6-8-9-14-12(3)13-10-15(14)17(18,11-13)16(4,5)7-2/h12-15H,6-11,18H2,1-5H3. The van der Waals surface area contributed by atoms with Crippen LogP contribution in [-0.4, -0.2) is 5.54 Å². The van der Waals surface area contributed by atoms with Gasteiger partial charge in [-0.1, -0.05) is 47.5 Å². The Balaban J connectivity index is 2.18. The summed E-state index contributed by atoms with van der Waals surface area (Å²) in [5.41, 5.74) is 7.37. The molecule has 2 saturated carbocycles. The van der Waals surface area contributed by atoms with Gasteiger partial charge in [0.05, 0.1) is 0 Å². The van der Waals surface area contributed by atoms with Gasteiger partial charge in [0.25, 0.3) is 0 Å². The molecule has 0 heterocycles. The van der Waals surface area contributed by atoms with Gasteiger partial charge in [-0.3, -0.25) is 0 Å². The van der Waals surface area contributed by atoms with Gasteiger partial charge in [0.15, 0.2) is 0 Å². The Kier molecular flexibility index (Phi) is 3.84. The first-order chi connectivity index (χ1) is 8.37. The topological polar surface area (TPSA) is 26.0 Å². The van der Waals surface area contributed by atoms with Gasteiger partial charge in [-0.15, -0.1) is 0 Å². The Labute approximate surface area is 114 Å². The highest BCUT2D eigenvalue weighted by Crippen LogP contribution is 2.62. The quantitative estimate of drug-likeness (QED) is 0.759. The molecule has 2 aliphatic rings. The second-order valence-corrected chi connectivity index (χ2v) is 7.75. The molecule has 2 bridgehead atoms. The van der Waals surface area contributed by atoms with Crippen LogP contribution in [0.15, 0.2) is 0 Å². The number of hydrogen-bond acceptors (Lipinski definition) is 1. The van der Waals surface area contributed by atoms with Crippen LogP contribution < -0.4 is 5.73 Å². The Morgan fingerprint density at radius 2 is 1.94 bits per heavy atom. The van der Waals surface area contributed by atoms with Crippen molar-refractivity contribution in [1.82, 2.24) is 0 Å². The van der Waals surface area contributed by atoms with E-state index in [1.54, 1.807) is 0 Å². The summed E-state index contributed by atoms with van der Waals surface area (Å²) in [4.78, 5) is 0. The van der Waals surface area contributed by atoms with Crippen LogP contribution in [0.25, 0.3) is 0 Å². The van der Waals surface area contributed by atoms with E-state index in [4.69, 9.17) is 5.73 Å². The van der Waals surface area contributed by atoms with Gasteiger partial charge in [-0.2, -0.15) is 0 Å². The Bertz CT molecular complexity index is 296. The summed E-state index contributed by atoms with van der Waals surface area (Å²) in [7, 11) is 0. The number of hydrogen-bond donors (Lipinski definition) is 1. The smallest absolute Gasteiger partial charge is 0.0240 e. The molecule has 18 heavy (non-hydrogen) atoms. The van der Waals surface area contributed by atoms with Crippen molar-refractivity contribution in [3.05, 3.63) is 0 Å². The van der Waals surface area contributed by atoms with Crippen molar-refractivity contribution in [3.63, 3.8) is 0 Å². The zero-order valence-electron chi connectivity index (χ0n) is 13.1. The zero-order valence-corrected chi connectivity index (χ0v) is 13.1. The largest absolute Gasteiger partial charge is 0.324 e. The average Bonchev–Trinajstić information content (AvgIpc) is 2.83. The molecule has 1 nitrogen and oxygen atoms in total. The van der Waals surface area contributed by atoms with Crippen molar-refractivity contribution in [2.24, 2.45) is 34.8 Å². The lowest BCUT2D eigenvalue weighted by molar-refractivity contribution is 0.0357. The van der Waals surface area contributed by atoms with Crippen molar-refractivity contribution in [2.45, 2.75) is 78.7 Å². The molecule has 0 amide bonds. The molecule has 0 aromatic rings. The zero-order chi connectivity index (χ0) is 13.6. The Morgan fingerprint density at radius 1 is 1.28 bits per heavy atom. The van der Waals surface area contributed by atoms with E-state index in [2.05, 4.69) is 34.6 Å². The molecule has 2 fully saturated rings. The highest BCUT2D eigenvalue weighted by atomic mass is 14.9. The van der Waals surface area contributed by atoms with Crippen molar-refractivity contribution in [1.29, 1.82) is 0 Å². The van der Waals surface area contributed by atoms with Gasteiger partial charge in [0.1, 0.15) is 0 Å². The van der Waals surface area contributed by atoms with E-state index in [1.165, 1.54) is 38.5 Å². The summed E-state index contributed by atoms with van der Waals surface area (Å²) in [5.74, 6) is 3.53. The molecule has 2 aliphatic carbocycles. The Morgan fingerprint density at radius 3 is 2.44 bits per heavy atom. The van der Waals surface area contributed by atoms with Gasteiger partial charge < -0.3 is 5.73 Å². The van der Waals surface area contributed by atoms with Gasteiger partial charge in [-0.05, 0) is 54.8 Å². The van der Waals surface area contributed by atoms with E-state index in [0.29, 0.717) is 5.41 Å². The van der Waals surface area contributed by atoms with Gasteiger partial charge in [0.2, 0.25) is 0 Å². The molecule has 0 saturated heterocycles. The normalized spacial score (nSPS) is 43.7. The third-order valence-electron chi connectivity index (χ3n) is 6.79. The van der Waals surface area contributed by atoms with Crippen LogP contribution >= 0.6 is 0 Å². The van der Waals surface area contributed by atoms with E-state index < -0.39 is 0 Å². The van der Waals surface area contributed by atoms with E-state index in [-0.39, 0.29) is 5.54 Å². The predicted molar refractivity (Wildman–Crippen MR) is 79.4 cm³/mol. The molecule has 0 spiro atoms. The predicted octanol–water partition coefficient (Wildman–Crippen LogP) is 4.60. The molecule has 5 unspecified atom stereocenters. The highest BCUT2D eigenvalue weighted by molar-refractivity contribution is 5.14. The molecule has 5 atom stereocenters. The summed E-state index contributed by atoms with van der Waals surface area (Å²) in [6, 6.07) is 0. The monoisotopic (exact) mass is 251 g/mol. The number of fused-ring (bicyclic) bond motifs is 2. The summed E-state index contributed by atoms with van der Waals surface area (Å²) >= 11 is 0.